The zero-order valence-corrected chi connectivity index (χ0v) is 16.6. The zero-order valence-electron chi connectivity index (χ0n) is 15.8. The maximum Gasteiger partial charge on any atom is 0.490 e. The summed E-state index contributed by atoms with van der Waals surface area (Å²) < 4.78 is 76.0. The quantitative estimate of drug-likeness (QED) is 0.513. The molecule has 0 amide bonds. The van der Waals surface area contributed by atoms with Crippen LogP contribution in [0, 0.1) is 0 Å². The molecule has 0 radical (unpaired) electrons. The van der Waals surface area contributed by atoms with Crippen molar-refractivity contribution in [2.24, 2.45) is 10.2 Å². The van der Waals surface area contributed by atoms with Crippen molar-refractivity contribution in [1.29, 1.82) is 0 Å². The van der Waals surface area contributed by atoms with Gasteiger partial charge in [0, 0.05) is 6.54 Å². The molecule has 0 bridgehead atoms. The second-order valence-electron chi connectivity index (χ2n) is 6.66. The Hall–Kier alpha value is -2.41. The van der Waals surface area contributed by atoms with Crippen molar-refractivity contribution in [3.8, 4) is 0 Å². The Morgan fingerprint density at radius 1 is 1.26 bits per heavy atom. The minimum absolute atomic E-state index is 0.210. The second-order valence-corrected chi connectivity index (χ2v) is 7.07. The maximum atomic E-state index is 13.2. The summed E-state index contributed by atoms with van der Waals surface area (Å²) in [6.07, 6.45) is -8.52. The highest BCUT2D eigenvalue weighted by atomic mass is 35.5. The number of aliphatic carboxylic acids is 1. The van der Waals surface area contributed by atoms with Crippen LogP contribution < -0.4 is 0 Å². The van der Waals surface area contributed by atoms with E-state index in [1.807, 2.05) is 0 Å². The molecule has 1 aromatic rings. The molecule has 1 saturated heterocycles. The van der Waals surface area contributed by atoms with Gasteiger partial charge in [-0.25, -0.2) is 9.59 Å². The number of rotatable bonds is 4. The molecule has 1 atom stereocenters. The summed E-state index contributed by atoms with van der Waals surface area (Å²) in [4.78, 5) is 22.1. The number of nitrogens with zero attached hydrogens (tertiary/aromatic N) is 3. The molecule has 2 aliphatic rings. The van der Waals surface area contributed by atoms with Crippen LogP contribution in [-0.4, -0.2) is 59.7 Å². The van der Waals surface area contributed by atoms with Crippen LogP contribution in [-0.2, 0) is 16.1 Å². The zero-order chi connectivity index (χ0) is 23.6. The first-order valence-corrected chi connectivity index (χ1v) is 9.02. The summed E-state index contributed by atoms with van der Waals surface area (Å²) in [5, 5.41) is 14.0. The monoisotopic (exact) mass is 475 g/mol. The van der Waals surface area contributed by atoms with Crippen LogP contribution in [0.5, 0.6) is 0 Å². The van der Waals surface area contributed by atoms with Gasteiger partial charge in [-0.3, -0.25) is 4.90 Å². The van der Waals surface area contributed by atoms with E-state index >= 15 is 0 Å². The van der Waals surface area contributed by atoms with Gasteiger partial charge in [-0.1, -0.05) is 17.7 Å². The lowest BCUT2D eigenvalue weighted by Gasteiger charge is -2.29. The molecule has 1 aromatic carbocycles. The summed E-state index contributed by atoms with van der Waals surface area (Å²) in [5.41, 5.74) is -1.34. The van der Waals surface area contributed by atoms with Crippen molar-refractivity contribution in [3.05, 3.63) is 34.3 Å². The number of carbonyl (C=O) groups excluding carboxylic acids is 1. The van der Waals surface area contributed by atoms with Crippen molar-refractivity contribution < 1.29 is 45.8 Å². The van der Waals surface area contributed by atoms with Gasteiger partial charge in [0.25, 0.3) is 5.66 Å². The Morgan fingerprint density at radius 2 is 1.84 bits per heavy atom. The molecule has 0 spiro atoms. The van der Waals surface area contributed by atoms with Crippen LogP contribution >= 0.6 is 11.6 Å². The fraction of sp³-hybridized carbons (Fsp3) is 0.529. The van der Waals surface area contributed by atoms with E-state index in [0.717, 1.165) is 5.56 Å². The molecule has 2 heterocycles. The topological polar surface area (TPSA) is 91.6 Å². The predicted molar refractivity (Wildman–Crippen MR) is 93.6 cm³/mol. The fourth-order valence-electron chi connectivity index (χ4n) is 3.13. The van der Waals surface area contributed by atoms with E-state index in [-0.39, 0.29) is 17.1 Å². The normalized spacial score (nSPS) is 20.1. The highest BCUT2D eigenvalue weighted by Crippen LogP contribution is 2.51. The Labute approximate surface area is 176 Å². The van der Waals surface area contributed by atoms with Crippen LogP contribution in [0.25, 0.3) is 0 Å². The van der Waals surface area contributed by atoms with Gasteiger partial charge in [-0.15, -0.1) is 10.2 Å². The summed E-state index contributed by atoms with van der Waals surface area (Å²) in [5.74, 6) is -3.32. The number of esters is 1. The number of benzene rings is 1. The number of carboxylic acids is 1. The van der Waals surface area contributed by atoms with Gasteiger partial charge in [0.2, 0.25) is 0 Å². The van der Waals surface area contributed by atoms with E-state index in [1.165, 1.54) is 13.2 Å². The van der Waals surface area contributed by atoms with Gasteiger partial charge in [-0.2, -0.15) is 26.3 Å². The van der Waals surface area contributed by atoms with Crippen LogP contribution in [0.15, 0.2) is 28.4 Å². The van der Waals surface area contributed by atoms with Crippen molar-refractivity contribution >= 4 is 23.5 Å². The van der Waals surface area contributed by atoms with Gasteiger partial charge in [-0.05, 0) is 37.1 Å². The van der Waals surface area contributed by atoms with Crippen molar-refractivity contribution in [2.75, 3.05) is 13.7 Å². The van der Waals surface area contributed by atoms with Gasteiger partial charge in [0.05, 0.1) is 23.7 Å². The largest absolute Gasteiger partial charge is 0.490 e. The van der Waals surface area contributed by atoms with E-state index in [4.69, 9.17) is 21.5 Å². The Morgan fingerprint density at radius 3 is 2.26 bits per heavy atom. The lowest BCUT2D eigenvalue weighted by molar-refractivity contribution is -0.192. The number of hydrogen-bond acceptors (Lipinski definition) is 6. The molecule has 1 unspecified atom stereocenters. The molecule has 3 rings (SSSR count). The number of alkyl halides is 6. The van der Waals surface area contributed by atoms with E-state index in [0.29, 0.717) is 19.4 Å². The number of methoxy groups -OCH3 is 1. The van der Waals surface area contributed by atoms with Gasteiger partial charge < -0.3 is 9.84 Å². The molecule has 2 aliphatic heterocycles. The third kappa shape index (κ3) is 5.64. The molecule has 0 aromatic heterocycles. The number of likely N-dealkylation sites (tertiary alicyclic amines) is 1. The first-order valence-electron chi connectivity index (χ1n) is 8.64. The molecular formula is C17H16ClF6N3O4. The predicted octanol–water partition coefficient (Wildman–Crippen LogP) is 4.45. The Balaban J connectivity index is 0.000000423. The second kappa shape index (κ2) is 8.99. The van der Waals surface area contributed by atoms with Gasteiger partial charge >= 0.3 is 24.3 Å². The van der Waals surface area contributed by atoms with Crippen LogP contribution in [0.1, 0.15) is 28.8 Å². The molecular weight excluding hydrogens is 460 g/mol. The van der Waals surface area contributed by atoms with Crippen molar-refractivity contribution in [2.45, 2.75) is 43.4 Å². The minimum Gasteiger partial charge on any atom is -0.475 e. The molecule has 1 N–H and O–H groups in total. The van der Waals surface area contributed by atoms with E-state index in [9.17, 15) is 31.1 Å². The standard InChI is InChI=1S/C15H15ClF3N3O2.C2HF3O2/c1-24-13(23)10-5-4-9(7-11(10)16)8-22-6-2-3-12(22)14(20-21-14)15(17,18)19;3-2(4,5)1(6)7/h4-5,7,12H,2-3,6,8H2,1H3;(H,6,7). The third-order valence-corrected chi connectivity index (χ3v) is 4.94. The number of ether oxygens (including phenoxy) is 1. The van der Waals surface area contributed by atoms with Crippen LogP contribution in [0.2, 0.25) is 5.02 Å². The first kappa shape index (κ1) is 24.9. The molecule has 0 aliphatic carbocycles. The van der Waals surface area contributed by atoms with Crippen LogP contribution in [0.3, 0.4) is 0 Å². The SMILES string of the molecule is COC(=O)c1ccc(CN2CCCC2C2(C(F)(F)F)N=N2)cc1Cl.O=C(O)C(F)(F)F. The third-order valence-electron chi connectivity index (χ3n) is 4.63. The molecule has 14 heteroatoms. The van der Waals surface area contributed by atoms with E-state index in [2.05, 4.69) is 15.0 Å². The van der Waals surface area contributed by atoms with Crippen molar-refractivity contribution in [3.63, 3.8) is 0 Å². The average Bonchev–Trinajstić information content (AvgIpc) is 3.35. The molecule has 31 heavy (non-hydrogen) atoms. The molecule has 1 fully saturated rings. The molecule has 0 saturated carbocycles. The highest BCUT2D eigenvalue weighted by molar-refractivity contribution is 6.33. The Bertz CT molecular complexity index is 868. The lowest BCUT2D eigenvalue weighted by Crippen LogP contribution is -2.50. The Kier molecular flexibility index (Phi) is 7.21. The summed E-state index contributed by atoms with van der Waals surface area (Å²) >= 11 is 6.06. The van der Waals surface area contributed by atoms with Gasteiger partial charge in [0.1, 0.15) is 0 Å². The maximum absolute atomic E-state index is 13.2. The van der Waals surface area contributed by atoms with E-state index in [1.54, 1.807) is 17.0 Å². The summed E-state index contributed by atoms with van der Waals surface area (Å²) in [7, 11) is 1.25. The summed E-state index contributed by atoms with van der Waals surface area (Å²) in [6, 6.07) is 3.95. The smallest absolute Gasteiger partial charge is 0.475 e. The number of hydrogen-bond donors (Lipinski definition) is 1. The van der Waals surface area contributed by atoms with Gasteiger partial charge in [0.15, 0.2) is 0 Å². The fourth-order valence-corrected chi connectivity index (χ4v) is 3.41. The number of carbonyl (C=O) groups is 2. The lowest BCUT2D eigenvalue weighted by atomic mass is 10.0. The van der Waals surface area contributed by atoms with Crippen LogP contribution in [0.4, 0.5) is 26.3 Å². The molecule has 7 nitrogen and oxygen atoms in total. The number of carboxylic acid groups (broad SMARTS) is 1. The summed E-state index contributed by atoms with van der Waals surface area (Å²) in [6.45, 7) is 0.818. The molecule has 172 valence electrons. The van der Waals surface area contributed by atoms with Crippen molar-refractivity contribution in [1.82, 2.24) is 4.90 Å². The average molecular weight is 476 g/mol. The number of halogens is 7. The van der Waals surface area contributed by atoms with E-state index < -0.39 is 36.0 Å². The minimum atomic E-state index is -5.08. The first-order chi connectivity index (χ1) is 14.2. The highest BCUT2D eigenvalue weighted by Gasteiger charge is 2.69.